The SMILES string of the molecule is Cl.N#Cc1cc(S(=O)(=O)NCC2=CCNCC2)ccc1C(F)(F)F. The summed E-state index contributed by atoms with van der Waals surface area (Å²) < 4.78 is 64.8. The molecule has 24 heavy (non-hydrogen) atoms. The van der Waals surface area contributed by atoms with Gasteiger partial charge in [0.2, 0.25) is 10.0 Å². The quantitative estimate of drug-likeness (QED) is 0.783. The standard InChI is InChI=1S/C14H14F3N3O2S.ClH/c15-14(16,17)13-2-1-12(7-11(13)8-18)23(21,22)20-9-10-3-5-19-6-4-10;/h1-3,7,19-20H,4-6,9H2;1H. The predicted octanol–water partition coefficient (Wildman–Crippen LogP) is 2.20. The van der Waals surface area contributed by atoms with E-state index in [1.165, 1.54) is 6.07 Å². The maximum atomic E-state index is 12.7. The van der Waals surface area contributed by atoms with E-state index in [-0.39, 0.29) is 23.8 Å². The van der Waals surface area contributed by atoms with Crippen molar-refractivity contribution in [1.29, 1.82) is 5.26 Å². The van der Waals surface area contributed by atoms with Crippen LogP contribution in [0.15, 0.2) is 34.7 Å². The zero-order valence-corrected chi connectivity index (χ0v) is 14.0. The number of benzene rings is 1. The van der Waals surface area contributed by atoms with Crippen LogP contribution in [0.4, 0.5) is 13.2 Å². The van der Waals surface area contributed by atoms with Crippen molar-refractivity contribution in [3.63, 3.8) is 0 Å². The van der Waals surface area contributed by atoms with E-state index in [2.05, 4.69) is 10.0 Å². The zero-order chi connectivity index (χ0) is 17.1. The first-order valence-electron chi connectivity index (χ1n) is 6.73. The van der Waals surface area contributed by atoms with Crippen LogP contribution >= 0.6 is 12.4 Å². The Kier molecular flexibility index (Phi) is 6.80. The predicted molar refractivity (Wildman–Crippen MR) is 84.2 cm³/mol. The molecule has 1 aromatic carbocycles. The van der Waals surface area contributed by atoms with Crippen molar-refractivity contribution < 1.29 is 21.6 Å². The van der Waals surface area contributed by atoms with Gasteiger partial charge in [-0.3, -0.25) is 0 Å². The smallest absolute Gasteiger partial charge is 0.313 e. The lowest BCUT2D eigenvalue weighted by Gasteiger charge is -2.15. The van der Waals surface area contributed by atoms with E-state index in [4.69, 9.17) is 5.26 Å². The Labute approximate surface area is 144 Å². The summed E-state index contributed by atoms with van der Waals surface area (Å²) >= 11 is 0. The summed E-state index contributed by atoms with van der Waals surface area (Å²) in [6.45, 7) is 1.48. The van der Waals surface area contributed by atoms with Crippen molar-refractivity contribution in [3.05, 3.63) is 41.0 Å². The minimum atomic E-state index is -4.71. The molecule has 0 aromatic heterocycles. The first kappa shape index (κ1) is 20.4. The van der Waals surface area contributed by atoms with Crippen LogP contribution in [0.25, 0.3) is 0 Å². The number of nitrogens with one attached hydrogen (secondary N) is 2. The maximum Gasteiger partial charge on any atom is 0.417 e. The third-order valence-corrected chi connectivity index (χ3v) is 4.77. The van der Waals surface area contributed by atoms with Gasteiger partial charge < -0.3 is 5.32 Å². The van der Waals surface area contributed by atoms with Crippen molar-refractivity contribution in [1.82, 2.24) is 10.0 Å². The third kappa shape index (κ3) is 4.95. The number of nitriles is 1. The molecule has 0 amide bonds. The topological polar surface area (TPSA) is 82.0 Å². The maximum absolute atomic E-state index is 12.7. The number of sulfonamides is 1. The molecule has 0 atom stereocenters. The largest absolute Gasteiger partial charge is 0.417 e. The van der Waals surface area contributed by atoms with E-state index >= 15 is 0 Å². The monoisotopic (exact) mass is 381 g/mol. The Morgan fingerprint density at radius 1 is 1.33 bits per heavy atom. The van der Waals surface area contributed by atoms with Crippen LogP contribution in [0.2, 0.25) is 0 Å². The Balaban J connectivity index is 0.00000288. The summed E-state index contributed by atoms with van der Waals surface area (Å²) in [5.41, 5.74) is -0.971. The lowest BCUT2D eigenvalue weighted by molar-refractivity contribution is -0.137. The zero-order valence-electron chi connectivity index (χ0n) is 12.4. The average Bonchev–Trinajstić information content (AvgIpc) is 2.52. The molecule has 0 aliphatic carbocycles. The van der Waals surface area contributed by atoms with Crippen molar-refractivity contribution in [3.8, 4) is 6.07 Å². The number of hydrogen-bond acceptors (Lipinski definition) is 4. The van der Waals surface area contributed by atoms with E-state index in [1.807, 2.05) is 6.08 Å². The second-order valence-corrected chi connectivity index (χ2v) is 6.72. The van der Waals surface area contributed by atoms with Crippen molar-refractivity contribution in [2.75, 3.05) is 19.6 Å². The molecule has 2 N–H and O–H groups in total. The summed E-state index contributed by atoms with van der Waals surface area (Å²) in [6, 6.07) is 3.58. The molecule has 10 heteroatoms. The lowest BCUT2D eigenvalue weighted by Crippen LogP contribution is -2.29. The Bertz CT molecular complexity index is 770. The van der Waals surface area contributed by atoms with Gasteiger partial charge in [-0.2, -0.15) is 18.4 Å². The van der Waals surface area contributed by atoms with E-state index in [1.54, 1.807) is 0 Å². The van der Waals surface area contributed by atoms with Crippen LogP contribution in [-0.4, -0.2) is 28.1 Å². The minimum absolute atomic E-state index is 0. The highest BCUT2D eigenvalue weighted by atomic mass is 35.5. The molecule has 1 aromatic rings. The number of halogens is 4. The van der Waals surface area contributed by atoms with Crippen molar-refractivity contribution >= 4 is 22.4 Å². The number of alkyl halides is 3. The molecule has 0 bridgehead atoms. The molecule has 2 rings (SSSR count). The molecule has 0 unspecified atom stereocenters. The van der Waals surface area contributed by atoms with Crippen LogP contribution in [0.5, 0.6) is 0 Å². The highest BCUT2D eigenvalue weighted by Gasteiger charge is 2.34. The van der Waals surface area contributed by atoms with Gasteiger partial charge in [0, 0.05) is 13.1 Å². The Hall–Kier alpha value is -1.60. The normalized spacial score (nSPS) is 15.2. The average molecular weight is 382 g/mol. The molecule has 0 saturated heterocycles. The summed E-state index contributed by atoms with van der Waals surface area (Å²) in [5.74, 6) is 0. The third-order valence-electron chi connectivity index (χ3n) is 3.37. The van der Waals surface area contributed by atoms with Crippen molar-refractivity contribution in [2.24, 2.45) is 0 Å². The van der Waals surface area contributed by atoms with Gasteiger partial charge in [0.1, 0.15) is 0 Å². The van der Waals surface area contributed by atoms with Crippen LogP contribution in [0.1, 0.15) is 17.5 Å². The molecule has 0 saturated carbocycles. The van der Waals surface area contributed by atoms with Crippen LogP contribution in [-0.2, 0) is 16.2 Å². The van der Waals surface area contributed by atoms with Crippen molar-refractivity contribution in [2.45, 2.75) is 17.5 Å². The first-order chi connectivity index (χ1) is 10.7. The lowest BCUT2D eigenvalue weighted by atomic mass is 10.1. The number of rotatable bonds is 4. The fourth-order valence-corrected chi connectivity index (χ4v) is 3.19. The molecule has 5 nitrogen and oxygen atoms in total. The van der Waals surface area contributed by atoms with Crippen LogP contribution in [0.3, 0.4) is 0 Å². The number of hydrogen-bond donors (Lipinski definition) is 2. The summed E-state index contributed by atoms with van der Waals surface area (Å²) in [7, 11) is -3.98. The Morgan fingerprint density at radius 3 is 2.58 bits per heavy atom. The summed E-state index contributed by atoms with van der Waals surface area (Å²) in [5, 5.41) is 11.9. The molecule has 1 aliphatic rings. The van der Waals surface area contributed by atoms with Gasteiger partial charge in [-0.05, 0) is 31.2 Å². The summed E-state index contributed by atoms with van der Waals surface area (Å²) in [6.07, 6.45) is -2.15. The van der Waals surface area contributed by atoms with E-state index in [9.17, 15) is 21.6 Å². The van der Waals surface area contributed by atoms with Gasteiger partial charge in [-0.15, -0.1) is 12.4 Å². The van der Waals surface area contributed by atoms with Gasteiger partial charge in [0.15, 0.2) is 0 Å². The summed E-state index contributed by atoms with van der Waals surface area (Å²) in [4.78, 5) is -0.364. The molecule has 132 valence electrons. The molecule has 0 fully saturated rings. The van der Waals surface area contributed by atoms with E-state index in [0.717, 1.165) is 24.3 Å². The first-order valence-corrected chi connectivity index (χ1v) is 8.22. The van der Waals surface area contributed by atoms with Gasteiger partial charge in [-0.25, -0.2) is 13.1 Å². The fraction of sp³-hybridized carbons (Fsp3) is 0.357. The second kappa shape index (κ2) is 7.98. The second-order valence-electron chi connectivity index (χ2n) is 4.96. The molecule has 0 radical (unpaired) electrons. The number of nitrogens with zero attached hydrogens (tertiary/aromatic N) is 1. The highest BCUT2D eigenvalue weighted by molar-refractivity contribution is 7.89. The molecule has 1 aliphatic heterocycles. The minimum Gasteiger partial charge on any atom is -0.313 e. The molecule has 1 heterocycles. The van der Waals surface area contributed by atoms with Gasteiger partial charge in [0.05, 0.1) is 22.1 Å². The highest BCUT2D eigenvalue weighted by Crippen LogP contribution is 2.32. The van der Waals surface area contributed by atoms with Gasteiger partial charge in [0.25, 0.3) is 0 Å². The van der Waals surface area contributed by atoms with Crippen LogP contribution in [0, 0.1) is 11.3 Å². The molecular weight excluding hydrogens is 367 g/mol. The molecule has 0 spiro atoms. The van der Waals surface area contributed by atoms with E-state index in [0.29, 0.717) is 19.0 Å². The van der Waals surface area contributed by atoms with Gasteiger partial charge in [-0.1, -0.05) is 11.6 Å². The van der Waals surface area contributed by atoms with E-state index < -0.39 is 27.3 Å². The fourth-order valence-electron chi connectivity index (χ4n) is 2.13. The molecular formula is C14H15ClF3N3O2S. The van der Waals surface area contributed by atoms with Crippen LogP contribution < -0.4 is 10.0 Å². The Morgan fingerprint density at radius 2 is 2.04 bits per heavy atom. The van der Waals surface area contributed by atoms with Gasteiger partial charge >= 0.3 is 6.18 Å².